The number of pyridine rings is 1. The van der Waals surface area contributed by atoms with Crippen molar-refractivity contribution < 1.29 is 18.3 Å². The minimum Gasteiger partial charge on any atom is -0.395 e. The molecule has 0 unspecified atom stereocenters. The van der Waals surface area contributed by atoms with Gasteiger partial charge in [-0.1, -0.05) is 11.8 Å². The highest BCUT2D eigenvalue weighted by Gasteiger charge is 2.09. The van der Waals surface area contributed by atoms with Gasteiger partial charge in [0.1, 0.15) is 5.82 Å². The van der Waals surface area contributed by atoms with E-state index in [1.807, 2.05) is 0 Å². The number of anilines is 1. The lowest BCUT2D eigenvalue weighted by Gasteiger charge is -2.08. The minimum absolute atomic E-state index is 0.0129. The predicted octanol–water partition coefficient (Wildman–Crippen LogP) is -0.292. The molecule has 1 aromatic rings. The third kappa shape index (κ3) is 6.49. The largest absolute Gasteiger partial charge is 0.395 e. The first-order valence-electron chi connectivity index (χ1n) is 5.89. The van der Waals surface area contributed by atoms with E-state index in [-0.39, 0.29) is 25.6 Å². The summed E-state index contributed by atoms with van der Waals surface area (Å²) < 4.78 is 32.7. The molecule has 20 heavy (non-hydrogen) atoms. The summed E-state index contributed by atoms with van der Waals surface area (Å²) in [6.45, 7) is 0.434. The van der Waals surface area contributed by atoms with Crippen molar-refractivity contribution in [3.8, 4) is 11.8 Å². The van der Waals surface area contributed by atoms with Gasteiger partial charge >= 0.3 is 0 Å². The quantitative estimate of drug-likeness (QED) is 0.474. The van der Waals surface area contributed by atoms with Gasteiger partial charge < -0.3 is 9.84 Å². The Morgan fingerprint density at radius 2 is 2.30 bits per heavy atom. The van der Waals surface area contributed by atoms with Crippen molar-refractivity contribution >= 4 is 16.0 Å². The summed E-state index contributed by atoms with van der Waals surface area (Å²) in [7, 11) is -2.20. The summed E-state index contributed by atoms with van der Waals surface area (Å²) in [5.41, 5.74) is 0.614. The molecule has 0 bridgehead atoms. The molecule has 7 nitrogen and oxygen atoms in total. The average Bonchev–Trinajstić information content (AvgIpc) is 2.39. The van der Waals surface area contributed by atoms with Crippen LogP contribution < -0.4 is 9.44 Å². The van der Waals surface area contributed by atoms with Gasteiger partial charge in [0.05, 0.1) is 13.2 Å². The van der Waals surface area contributed by atoms with E-state index in [1.165, 1.54) is 19.4 Å². The molecule has 1 rings (SSSR count). The molecule has 0 fully saturated rings. The van der Waals surface area contributed by atoms with Crippen LogP contribution in [0.3, 0.4) is 0 Å². The van der Waals surface area contributed by atoms with E-state index in [0.29, 0.717) is 12.0 Å². The standard InChI is InChI=1S/C12H17N3O4S/c1-19-9-7-14-20(17,18)15-12-10-11(5-6-13-12)4-2-3-8-16/h5-6,10,14,16H,3,7-9H2,1H3,(H,13,15). The smallest absolute Gasteiger partial charge is 0.300 e. The fourth-order valence-corrected chi connectivity index (χ4v) is 2.05. The number of aliphatic hydroxyl groups is 1. The summed E-state index contributed by atoms with van der Waals surface area (Å²) in [6, 6.07) is 3.17. The van der Waals surface area contributed by atoms with Gasteiger partial charge in [-0.15, -0.1) is 0 Å². The SMILES string of the molecule is COCCNS(=O)(=O)Nc1cc(C#CCCO)ccn1. The molecule has 0 atom stereocenters. The first kappa shape index (κ1) is 16.4. The fraction of sp³-hybridized carbons (Fsp3) is 0.417. The topological polar surface area (TPSA) is 101 Å². The van der Waals surface area contributed by atoms with Crippen LogP contribution in [0.4, 0.5) is 5.82 Å². The number of methoxy groups -OCH3 is 1. The Morgan fingerprint density at radius 3 is 3.00 bits per heavy atom. The summed E-state index contributed by atoms with van der Waals surface area (Å²) in [6.07, 6.45) is 1.82. The molecule has 0 amide bonds. The maximum atomic E-state index is 11.7. The molecule has 1 aromatic heterocycles. The van der Waals surface area contributed by atoms with Gasteiger partial charge in [0, 0.05) is 31.8 Å². The van der Waals surface area contributed by atoms with E-state index in [0.717, 1.165) is 0 Å². The highest BCUT2D eigenvalue weighted by molar-refractivity contribution is 7.90. The first-order valence-corrected chi connectivity index (χ1v) is 7.38. The number of nitrogens with zero attached hydrogens (tertiary/aromatic N) is 1. The molecule has 0 saturated carbocycles. The molecule has 8 heteroatoms. The van der Waals surface area contributed by atoms with E-state index in [1.54, 1.807) is 6.07 Å². The lowest BCUT2D eigenvalue weighted by Crippen LogP contribution is -2.32. The van der Waals surface area contributed by atoms with Gasteiger partial charge in [0.15, 0.2) is 0 Å². The van der Waals surface area contributed by atoms with Crippen molar-refractivity contribution in [1.29, 1.82) is 0 Å². The maximum Gasteiger partial charge on any atom is 0.300 e. The molecule has 0 aromatic carbocycles. The molecule has 0 aliphatic rings. The molecule has 0 aliphatic carbocycles. The molecule has 0 saturated heterocycles. The third-order valence-corrected chi connectivity index (χ3v) is 3.13. The van der Waals surface area contributed by atoms with Crippen LogP contribution in [0, 0.1) is 11.8 Å². The molecule has 0 radical (unpaired) electrons. The lowest BCUT2D eigenvalue weighted by atomic mass is 10.2. The number of rotatable bonds is 7. The van der Waals surface area contributed by atoms with Crippen LogP contribution in [0.5, 0.6) is 0 Å². The zero-order valence-corrected chi connectivity index (χ0v) is 11.9. The zero-order chi connectivity index (χ0) is 14.8. The normalized spacial score (nSPS) is 10.7. The molecular formula is C12H17N3O4S. The summed E-state index contributed by atoms with van der Waals surface area (Å²) >= 11 is 0. The Hall–Kier alpha value is -1.66. The number of hydrogen-bond acceptors (Lipinski definition) is 5. The number of aliphatic hydroxyl groups excluding tert-OH is 1. The van der Waals surface area contributed by atoms with E-state index in [9.17, 15) is 8.42 Å². The Labute approximate surface area is 118 Å². The second-order valence-corrected chi connectivity index (χ2v) is 5.20. The van der Waals surface area contributed by atoms with Crippen LogP contribution in [0.25, 0.3) is 0 Å². The van der Waals surface area contributed by atoms with Crippen molar-refractivity contribution in [2.45, 2.75) is 6.42 Å². The highest BCUT2D eigenvalue weighted by atomic mass is 32.2. The van der Waals surface area contributed by atoms with Crippen LogP contribution in [-0.2, 0) is 14.9 Å². The van der Waals surface area contributed by atoms with Crippen LogP contribution in [0.2, 0.25) is 0 Å². The molecule has 3 N–H and O–H groups in total. The van der Waals surface area contributed by atoms with Gasteiger partial charge in [-0.3, -0.25) is 4.72 Å². The summed E-state index contributed by atoms with van der Waals surface area (Å²) in [5.74, 6) is 5.72. The zero-order valence-electron chi connectivity index (χ0n) is 11.1. The van der Waals surface area contributed by atoms with Crippen molar-refractivity contribution in [3.05, 3.63) is 23.9 Å². The van der Waals surface area contributed by atoms with Crippen molar-refractivity contribution in [2.75, 3.05) is 31.6 Å². The van der Waals surface area contributed by atoms with Crippen molar-refractivity contribution in [3.63, 3.8) is 0 Å². The second kappa shape index (κ2) is 8.50. The Bertz CT molecular complexity index is 578. The number of nitrogens with one attached hydrogen (secondary N) is 2. The lowest BCUT2D eigenvalue weighted by molar-refractivity contribution is 0.204. The monoisotopic (exact) mass is 299 g/mol. The molecule has 1 heterocycles. The van der Waals surface area contributed by atoms with Gasteiger partial charge in [-0.2, -0.15) is 13.1 Å². The van der Waals surface area contributed by atoms with Crippen LogP contribution >= 0.6 is 0 Å². The van der Waals surface area contributed by atoms with E-state index in [2.05, 4.69) is 26.3 Å². The summed E-state index contributed by atoms with van der Waals surface area (Å²) in [4.78, 5) is 3.90. The third-order valence-electron chi connectivity index (χ3n) is 2.07. The number of aromatic nitrogens is 1. The fourth-order valence-electron chi connectivity index (χ4n) is 1.24. The van der Waals surface area contributed by atoms with Crippen LogP contribution in [0.1, 0.15) is 12.0 Å². The first-order chi connectivity index (χ1) is 9.57. The van der Waals surface area contributed by atoms with Crippen molar-refractivity contribution in [1.82, 2.24) is 9.71 Å². The predicted molar refractivity (Wildman–Crippen MR) is 75.2 cm³/mol. The van der Waals surface area contributed by atoms with Gasteiger partial charge in [-0.25, -0.2) is 4.98 Å². The molecule has 110 valence electrons. The van der Waals surface area contributed by atoms with Gasteiger partial charge in [-0.05, 0) is 12.1 Å². The maximum absolute atomic E-state index is 11.7. The number of hydrogen-bond donors (Lipinski definition) is 3. The second-order valence-electron chi connectivity index (χ2n) is 3.70. The van der Waals surface area contributed by atoms with E-state index in [4.69, 9.17) is 9.84 Å². The van der Waals surface area contributed by atoms with Crippen LogP contribution in [0.15, 0.2) is 18.3 Å². The Morgan fingerprint density at radius 1 is 1.50 bits per heavy atom. The molecular weight excluding hydrogens is 282 g/mol. The highest BCUT2D eigenvalue weighted by Crippen LogP contribution is 2.07. The number of ether oxygens (including phenoxy) is 1. The average molecular weight is 299 g/mol. The van der Waals surface area contributed by atoms with Crippen molar-refractivity contribution in [2.24, 2.45) is 0 Å². The van der Waals surface area contributed by atoms with E-state index >= 15 is 0 Å². The van der Waals surface area contributed by atoms with E-state index < -0.39 is 10.2 Å². The molecule has 0 spiro atoms. The van der Waals surface area contributed by atoms with Crippen LogP contribution in [-0.4, -0.2) is 45.4 Å². The molecule has 0 aliphatic heterocycles. The Balaban J connectivity index is 2.68. The Kier molecular flexibility index (Phi) is 6.97. The summed E-state index contributed by atoms with van der Waals surface area (Å²) in [5, 5.41) is 8.63. The minimum atomic E-state index is -3.68. The van der Waals surface area contributed by atoms with Gasteiger partial charge in [0.2, 0.25) is 0 Å². The van der Waals surface area contributed by atoms with Gasteiger partial charge in [0.25, 0.3) is 10.2 Å².